The lowest BCUT2D eigenvalue weighted by molar-refractivity contribution is 0.213. The molecule has 1 fully saturated rings. The van der Waals surface area contributed by atoms with Crippen LogP contribution in [-0.4, -0.2) is 29.2 Å². The van der Waals surface area contributed by atoms with E-state index in [1.54, 1.807) is 11.0 Å². The third-order valence-electron chi connectivity index (χ3n) is 3.65. The molecule has 1 aliphatic rings. The van der Waals surface area contributed by atoms with E-state index < -0.39 is 15.8 Å². The lowest BCUT2D eigenvalue weighted by Crippen LogP contribution is -2.45. The van der Waals surface area contributed by atoms with Crippen molar-refractivity contribution in [3.63, 3.8) is 0 Å². The van der Waals surface area contributed by atoms with Gasteiger partial charge >= 0.3 is 0 Å². The molecule has 118 valence electrons. The van der Waals surface area contributed by atoms with Gasteiger partial charge in [-0.25, -0.2) is 22.5 Å². The lowest BCUT2D eigenvalue weighted by atomic mass is 9.81. The van der Waals surface area contributed by atoms with Crippen molar-refractivity contribution in [2.45, 2.75) is 30.3 Å². The Bertz CT molecular complexity index is 760. The maximum absolute atomic E-state index is 13.2. The van der Waals surface area contributed by atoms with Gasteiger partial charge in [-0.1, -0.05) is 11.6 Å². The Hall–Kier alpha value is -1.51. The van der Waals surface area contributed by atoms with E-state index in [0.29, 0.717) is 25.3 Å². The number of sulfonamides is 1. The number of benzene rings is 1. The van der Waals surface area contributed by atoms with E-state index in [1.165, 1.54) is 12.4 Å². The monoisotopic (exact) mass is 344 g/mol. The molecule has 1 heterocycles. The zero-order valence-electron chi connectivity index (χ0n) is 11.5. The molecule has 1 N–H and O–H groups in total. The fraction of sp³-hybridized carbons (Fsp3) is 0.385. The second kappa shape index (κ2) is 5.94. The Morgan fingerprint density at radius 2 is 2.18 bits per heavy atom. The molecular weight excluding hydrogens is 331 g/mol. The van der Waals surface area contributed by atoms with E-state index in [1.807, 2.05) is 0 Å². The first-order valence-corrected chi connectivity index (χ1v) is 8.60. The Labute approximate surface area is 132 Å². The van der Waals surface area contributed by atoms with Crippen LogP contribution in [0.2, 0.25) is 5.02 Å². The van der Waals surface area contributed by atoms with Crippen LogP contribution in [0.4, 0.5) is 4.39 Å². The summed E-state index contributed by atoms with van der Waals surface area (Å²) in [5.74, 6) is -0.292. The molecule has 1 aliphatic carbocycles. The van der Waals surface area contributed by atoms with E-state index in [-0.39, 0.29) is 16.0 Å². The first-order valence-electron chi connectivity index (χ1n) is 6.74. The molecule has 3 rings (SSSR count). The number of hydrogen-bond donors (Lipinski definition) is 1. The Kier molecular flexibility index (Phi) is 4.16. The van der Waals surface area contributed by atoms with Gasteiger partial charge < -0.3 is 0 Å². The van der Waals surface area contributed by atoms with Crippen LogP contribution in [0.3, 0.4) is 0 Å². The fourth-order valence-electron chi connectivity index (χ4n) is 2.54. The Morgan fingerprint density at radius 3 is 2.86 bits per heavy atom. The van der Waals surface area contributed by atoms with Crippen LogP contribution >= 0.6 is 11.6 Å². The summed E-state index contributed by atoms with van der Waals surface area (Å²) in [6, 6.07) is 3.12. The van der Waals surface area contributed by atoms with E-state index >= 15 is 0 Å². The highest BCUT2D eigenvalue weighted by atomic mass is 35.5. The van der Waals surface area contributed by atoms with E-state index in [0.717, 1.165) is 12.1 Å². The van der Waals surface area contributed by atoms with Crippen molar-refractivity contribution >= 4 is 21.6 Å². The lowest BCUT2D eigenvalue weighted by Gasteiger charge is -2.35. The number of aromatic nitrogens is 3. The summed E-state index contributed by atoms with van der Waals surface area (Å²) >= 11 is 5.84. The van der Waals surface area contributed by atoms with Crippen LogP contribution in [0.15, 0.2) is 35.7 Å². The van der Waals surface area contributed by atoms with E-state index in [2.05, 4.69) is 14.8 Å². The molecular formula is C13H14ClFN4O2S. The molecule has 0 saturated heterocycles. The summed E-state index contributed by atoms with van der Waals surface area (Å²) < 4.78 is 42.0. The van der Waals surface area contributed by atoms with Gasteiger partial charge in [-0.2, -0.15) is 5.10 Å². The van der Waals surface area contributed by atoms with Crippen molar-refractivity contribution < 1.29 is 12.8 Å². The number of halogens is 2. The van der Waals surface area contributed by atoms with Gasteiger partial charge in [-0.3, -0.25) is 4.68 Å². The second-order valence-electron chi connectivity index (χ2n) is 5.35. The molecule has 0 bridgehead atoms. The normalized spacial score (nSPS) is 21.5. The van der Waals surface area contributed by atoms with Crippen LogP contribution in [0.5, 0.6) is 0 Å². The molecule has 0 spiro atoms. The van der Waals surface area contributed by atoms with Crippen molar-refractivity contribution in [2.75, 3.05) is 0 Å². The van der Waals surface area contributed by atoms with Gasteiger partial charge in [0.1, 0.15) is 23.4 Å². The highest BCUT2D eigenvalue weighted by molar-refractivity contribution is 7.89. The summed E-state index contributed by atoms with van der Waals surface area (Å²) in [5.41, 5.74) is 0. The molecule has 2 aromatic rings. The molecule has 22 heavy (non-hydrogen) atoms. The summed E-state index contributed by atoms with van der Waals surface area (Å²) in [5, 5.41) is 4.02. The van der Waals surface area contributed by atoms with Crippen molar-refractivity contribution in [2.24, 2.45) is 5.92 Å². The third-order valence-corrected chi connectivity index (χ3v) is 5.65. The SMILES string of the molecule is O=S(=O)(NC1CC(Cn2cncn2)C1)c1cc(F)ccc1Cl. The van der Waals surface area contributed by atoms with Crippen LogP contribution in [0, 0.1) is 11.7 Å². The average molecular weight is 345 g/mol. The van der Waals surface area contributed by atoms with Gasteiger partial charge in [0, 0.05) is 12.6 Å². The van der Waals surface area contributed by atoms with Crippen LogP contribution in [0.25, 0.3) is 0 Å². The molecule has 0 unspecified atom stereocenters. The molecule has 0 radical (unpaired) electrons. The van der Waals surface area contributed by atoms with Crippen LogP contribution in [0.1, 0.15) is 12.8 Å². The second-order valence-corrected chi connectivity index (χ2v) is 7.44. The van der Waals surface area contributed by atoms with Gasteiger partial charge in [-0.05, 0) is 37.0 Å². The predicted molar refractivity (Wildman–Crippen MR) is 78.3 cm³/mol. The molecule has 1 aromatic carbocycles. The molecule has 1 saturated carbocycles. The van der Waals surface area contributed by atoms with E-state index in [4.69, 9.17) is 11.6 Å². The number of nitrogens with one attached hydrogen (secondary N) is 1. The van der Waals surface area contributed by atoms with E-state index in [9.17, 15) is 12.8 Å². The van der Waals surface area contributed by atoms with Gasteiger partial charge in [0.25, 0.3) is 0 Å². The smallest absolute Gasteiger partial charge is 0.242 e. The molecule has 0 amide bonds. The highest BCUT2D eigenvalue weighted by Gasteiger charge is 2.33. The minimum absolute atomic E-state index is 0.00684. The van der Waals surface area contributed by atoms with Crippen molar-refractivity contribution in [1.82, 2.24) is 19.5 Å². The Morgan fingerprint density at radius 1 is 1.41 bits per heavy atom. The zero-order valence-corrected chi connectivity index (χ0v) is 13.1. The van der Waals surface area contributed by atoms with Crippen molar-refractivity contribution in [3.8, 4) is 0 Å². The summed E-state index contributed by atoms with van der Waals surface area (Å²) in [7, 11) is -3.82. The van der Waals surface area contributed by atoms with Crippen LogP contribution < -0.4 is 4.72 Å². The quantitative estimate of drug-likeness (QED) is 0.897. The number of rotatable bonds is 5. The fourth-order valence-corrected chi connectivity index (χ4v) is 4.31. The first-order chi connectivity index (χ1) is 10.4. The Balaban J connectivity index is 1.61. The maximum Gasteiger partial charge on any atom is 0.242 e. The summed E-state index contributed by atoms with van der Waals surface area (Å²) in [6.07, 6.45) is 4.49. The molecule has 1 aromatic heterocycles. The summed E-state index contributed by atoms with van der Waals surface area (Å²) in [6.45, 7) is 0.707. The number of hydrogen-bond acceptors (Lipinski definition) is 4. The molecule has 6 nitrogen and oxygen atoms in total. The van der Waals surface area contributed by atoms with Gasteiger partial charge in [0.05, 0.1) is 5.02 Å². The molecule has 0 aliphatic heterocycles. The van der Waals surface area contributed by atoms with Crippen molar-refractivity contribution in [3.05, 3.63) is 41.7 Å². The van der Waals surface area contributed by atoms with Gasteiger partial charge in [-0.15, -0.1) is 0 Å². The standard InChI is InChI=1S/C13H14ClFN4O2S/c14-12-2-1-10(15)5-13(12)22(20,21)18-11-3-9(4-11)6-19-8-16-7-17-19/h1-2,5,7-9,11,18H,3-4,6H2. The maximum atomic E-state index is 13.2. The molecule has 0 atom stereocenters. The topological polar surface area (TPSA) is 76.9 Å². The first kappa shape index (κ1) is 15.4. The van der Waals surface area contributed by atoms with Crippen molar-refractivity contribution in [1.29, 1.82) is 0 Å². The van der Waals surface area contributed by atoms with Gasteiger partial charge in [0.2, 0.25) is 10.0 Å². The zero-order chi connectivity index (χ0) is 15.7. The van der Waals surface area contributed by atoms with Crippen LogP contribution in [-0.2, 0) is 16.6 Å². The number of nitrogens with zero attached hydrogens (tertiary/aromatic N) is 3. The minimum Gasteiger partial charge on any atom is -0.253 e. The highest BCUT2D eigenvalue weighted by Crippen LogP contribution is 2.31. The molecule has 9 heteroatoms. The summed E-state index contributed by atoms with van der Waals surface area (Å²) in [4.78, 5) is 3.63. The minimum atomic E-state index is -3.82. The predicted octanol–water partition coefficient (Wildman–Crippen LogP) is 1.83. The third kappa shape index (κ3) is 3.29. The van der Waals surface area contributed by atoms with Gasteiger partial charge in [0.15, 0.2) is 0 Å². The largest absolute Gasteiger partial charge is 0.253 e. The average Bonchev–Trinajstić information content (AvgIpc) is 2.92.